The zero-order chi connectivity index (χ0) is 23.2. The average Bonchev–Trinajstić information content (AvgIpc) is 2.70. The van der Waals surface area contributed by atoms with Crippen molar-refractivity contribution < 1.29 is 32.3 Å². The van der Waals surface area contributed by atoms with Crippen LogP contribution >= 0.6 is 0 Å². The molecule has 4 rings (SSSR count). The maximum atomic E-state index is 14.0. The first-order chi connectivity index (χ1) is 15.1. The van der Waals surface area contributed by atoms with Gasteiger partial charge >= 0.3 is 0 Å². The van der Waals surface area contributed by atoms with Crippen LogP contribution in [0.15, 0.2) is 29.2 Å². The summed E-state index contributed by atoms with van der Waals surface area (Å²) in [6.07, 6.45) is 1.10. The van der Waals surface area contributed by atoms with Crippen LogP contribution < -0.4 is 10.7 Å². The fourth-order valence-electron chi connectivity index (χ4n) is 4.11. The molecule has 1 aromatic heterocycles. The number of carbonyl (C=O) groups excluding carboxylic acids is 2. The van der Waals surface area contributed by atoms with Crippen LogP contribution in [-0.4, -0.2) is 45.4 Å². The van der Waals surface area contributed by atoms with Crippen LogP contribution in [0.2, 0.25) is 0 Å². The lowest BCUT2D eigenvalue weighted by atomic mass is 9.97. The molecule has 0 spiro atoms. The molecule has 2 aliphatic heterocycles. The van der Waals surface area contributed by atoms with Gasteiger partial charge in [0.1, 0.15) is 17.2 Å². The summed E-state index contributed by atoms with van der Waals surface area (Å²) in [5, 5.41) is 12.7. The van der Waals surface area contributed by atoms with Crippen molar-refractivity contribution in [1.29, 1.82) is 0 Å². The molecule has 1 aromatic carbocycles. The van der Waals surface area contributed by atoms with Gasteiger partial charge in [-0.25, -0.2) is 17.6 Å². The van der Waals surface area contributed by atoms with E-state index in [0.29, 0.717) is 6.07 Å². The molecule has 3 heterocycles. The standard InChI is InChI=1S/C21H19F4N3O4/c22-12-4-3-11(15(23)6-12)7-26-19(31)14-9-28-13-2-1-5-21(24,25)10-27(8-13)20(32)16(28)18(30)17(14)29/h3-4,6,9,13,30H,1-2,5,7-8,10H2,(H,26,31). The van der Waals surface area contributed by atoms with E-state index >= 15 is 0 Å². The van der Waals surface area contributed by atoms with Crippen LogP contribution in [0.1, 0.15) is 51.7 Å². The Morgan fingerprint density at radius 1 is 1.25 bits per heavy atom. The summed E-state index contributed by atoms with van der Waals surface area (Å²) < 4.78 is 56.1. The first-order valence-corrected chi connectivity index (χ1v) is 9.95. The number of aromatic nitrogens is 1. The van der Waals surface area contributed by atoms with Gasteiger partial charge in [-0.05, 0) is 18.9 Å². The predicted octanol–water partition coefficient (Wildman–Crippen LogP) is 2.58. The first kappa shape index (κ1) is 21.8. The van der Waals surface area contributed by atoms with E-state index in [1.807, 2.05) is 0 Å². The highest BCUT2D eigenvalue weighted by Gasteiger charge is 2.42. The summed E-state index contributed by atoms with van der Waals surface area (Å²) in [5.41, 5.74) is -2.09. The molecule has 2 aromatic rings. The SMILES string of the molecule is O=C(NCc1ccc(F)cc1F)c1cn2c(c(O)c1=O)C(=O)N1CC2CCCC(F)(F)C1. The normalized spacial score (nSPS) is 19.7. The van der Waals surface area contributed by atoms with Crippen molar-refractivity contribution in [2.75, 3.05) is 13.1 Å². The fraction of sp³-hybridized carbons (Fsp3) is 0.381. The van der Waals surface area contributed by atoms with E-state index in [1.165, 1.54) is 4.57 Å². The number of hydrogen-bond donors (Lipinski definition) is 2. The molecule has 170 valence electrons. The number of amides is 2. The lowest BCUT2D eigenvalue weighted by Crippen LogP contribution is -2.50. The highest BCUT2D eigenvalue weighted by molar-refractivity contribution is 5.99. The topological polar surface area (TPSA) is 91.6 Å². The number of aromatic hydroxyl groups is 1. The Bertz CT molecular complexity index is 1160. The molecule has 0 radical (unpaired) electrons. The van der Waals surface area contributed by atoms with Gasteiger partial charge in [-0.3, -0.25) is 14.4 Å². The summed E-state index contributed by atoms with van der Waals surface area (Å²) in [6, 6.07) is 2.29. The van der Waals surface area contributed by atoms with Crippen molar-refractivity contribution in [2.45, 2.75) is 37.8 Å². The third-order valence-corrected chi connectivity index (χ3v) is 5.73. The number of carbonyl (C=O) groups is 2. The second-order valence-electron chi connectivity index (χ2n) is 7.98. The van der Waals surface area contributed by atoms with E-state index in [1.54, 1.807) is 0 Å². The Morgan fingerprint density at radius 3 is 2.72 bits per heavy atom. The number of nitrogens with zero attached hydrogens (tertiary/aromatic N) is 2. The second-order valence-corrected chi connectivity index (χ2v) is 7.98. The lowest BCUT2D eigenvalue weighted by Gasteiger charge is -2.40. The van der Waals surface area contributed by atoms with Crippen molar-refractivity contribution >= 4 is 11.8 Å². The van der Waals surface area contributed by atoms with Crippen LogP contribution in [0.5, 0.6) is 5.75 Å². The van der Waals surface area contributed by atoms with Crippen molar-refractivity contribution in [1.82, 2.24) is 14.8 Å². The van der Waals surface area contributed by atoms with Gasteiger partial charge in [0.05, 0.1) is 12.6 Å². The van der Waals surface area contributed by atoms with Gasteiger partial charge < -0.3 is 19.9 Å². The molecule has 7 nitrogen and oxygen atoms in total. The van der Waals surface area contributed by atoms with Crippen molar-refractivity contribution in [3.05, 3.63) is 63.1 Å². The molecular weight excluding hydrogens is 434 g/mol. The quantitative estimate of drug-likeness (QED) is 0.699. The summed E-state index contributed by atoms with van der Waals surface area (Å²) in [4.78, 5) is 38.8. The fourth-order valence-corrected chi connectivity index (χ4v) is 4.11. The number of nitrogens with one attached hydrogen (secondary N) is 1. The van der Waals surface area contributed by atoms with Crippen molar-refractivity contribution in [3.8, 4) is 5.75 Å². The summed E-state index contributed by atoms with van der Waals surface area (Å²) in [6.45, 7) is -1.22. The molecule has 2 aliphatic rings. The number of benzene rings is 1. The molecule has 0 saturated carbocycles. The summed E-state index contributed by atoms with van der Waals surface area (Å²) in [5.74, 6) is -7.60. The van der Waals surface area contributed by atoms with Gasteiger partial charge in [0.15, 0.2) is 11.4 Å². The maximum absolute atomic E-state index is 14.0. The minimum Gasteiger partial charge on any atom is -0.503 e. The Kier molecular flexibility index (Phi) is 5.43. The molecule has 11 heteroatoms. The minimum absolute atomic E-state index is 0.0196. The Balaban J connectivity index is 1.66. The largest absolute Gasteiger partial charge is 0.503 e. The number of fused-ring (bicyclic) bond motifs is 4. The predicted molar refractivity (Wildman–Crippen MR) is 104 cm³/mol. The molecule has 1 fully saturated rings. The molecule has 1 unspecified atom stereocenters. The first-order valence-electron chi connectivity index (χ1n) is 9.95. The third kappa shape index (κ3) is 3.94. The molecule has 0 aliphatic carbocycles. The molecule has 1 atom stereocenters. The van der Waals surface area contributed by atoms with Gasteiger partial charge in [0, 0.05) is 37.3 Å². The molecule has 2 amide bonds. The van der Waals surface area contributed by atoms with Gasteiger partial charge in [-0.2, -0.15) is 0 Å². The van der Waals surface area contributed by atoms with Crippen molar-refractivity contribution in [3.63, 3.8) is 0 Å². The number of alkyl halides is 2. The van der Waals surface area contributed by atoms with Crippen LogP contribution in [0.4, 0.5) is 17.6 Å². The van der Waals surface area contributed by atoms with Crippen LogP contribution in [-0.2, 0) is 6.54 Å². The number of halogens is 4. The van der Waals surface area contributed by atoms with Gasteiger partial charge in [-0.1, -0.05) is 6.07 Å². The molecule has 2 bridgehead atoms. The molecule has 2 N–H and O–H groups in total. The average molecular weight is 453 g/mol. The van der Waals surface area contributed by atoms with Crippen LogP contribution in [0, 0.1) is 11.6 Å². The van der Waals surface area contributed by atoms with Crippen LogP contribution in [0.3, 0.4) is 0 Å². The highest BCUT2D eigenvalue weighted by Crippen LogP contribution is 2.35. The van der Waals surface area contributed by atoms with E-state index in [9.17, 15) is 37.1 Å². The molecular formula is C21H19F4N3O4. The third-order valence-electron chi connectivity index (χ3n) is 5.73. The zero-order valence-corrected chi connectivity index (χ0v) is 16.7. The summed E-state index contributed by atoms with van der Waals surface area (Å²) >= 11 is 0. The monoisotopic (exact) mass is 453 g/mol. The smallest absolute Gasteiger partial charge is 0.274 e. The van der Waals surface area contributed by atoms with Crippen LogP contribution in [0.25, 0.3) is 0 Å². The number of rotatable bonds is 3. The van der Waals surface area contributed by atoms with E-state index < -0.39 is 70.8 Å². The van der Waals surface area contributed by atoms with E-state index in [2.05, 4.69) is 5.32 Å². The second kappa shape index (κ2) is 7.95. The Labute approximate surface area is 179 Å². The van der Waals surface area contributed by atoms with Gasteiger partial charge in [-0.15, -0.1) is 0 Å². The minimum atomic E-state index is -3.08. The summed E-state index contributed by atoms with van der Waals surface area (Å²) in [7, 11) is 0. The lowest BCUT2D eigenvalue weighted by molar-refractivity contribution is -0.0488. The van der Waals surface area contributed by atoms with Gasteiger partial charge in [0.25, 0.3) is 17.7 Å². The molecule has 1 saturated heterocycles. The van der Waals surface area contributed by atoms with Gasteiger partial charge in [0.2, 0.25) is 5.43 Å². The Hall–Kier alpha value is -3.37. The van der Waals surface area contributed by atoms with E-state index in [0.717, 1.165) is 23.2 Å². The highest BCUT2D eigenvalue weighted by atomic mass is 19.3. The van der Waals surface area contributed by atoms with E-state index in [4.69, 9.17) is 0 Å². The number of hydrogen-bond acceptors (Lipinski definition) is 4. The Morgan fingerprint density at radius 2 is 2.00 bits per heavy atom. The van der Waals surface area contributed by atoms with Crippen molar-refractivity contribution in [2.24, 2.45) is 0 Å². The zero-order valence-electron chi connectivity index (χ0n) is 16.7. The maximum Gasteiger partial charge on any atom is 0.274 e. The molecule has 32 heavy (non-hydrogen) atoms. The van der Waals surface area contributed by atoms with E-state index in [-0.39, 0.29) is 31.5 Å². The number of pyridine rings is 1.